The van der Waals surface area contributed by atoms with Crippen LogP contribution in [0.5, 0.6) is 0 Å². The number of fused-ring (bicyclic) bond motifs is 1. The fourth-order valence-electron chi connectivity index (χ4n) is 3.17. The minimum Gasteiger partial charge on any atom is -0.305 e. The molecule has 1 nitrogen and oxygen atoms in total. The Labute approximate surface area is 98.2 Å². The molecule has 1 saturated carbocycles. The second kappa shape index (κ2) is 3.25. The van der Waals surface area contributed by atoms with Gasteiger partial charge in [-0.25, -0.2) is 0 Å². The van der Waals surface area contributed by atoms with Gasteiger partial charge in [0.1, 0.15) is 0 Å². The summed E-state index contributed by atoms with van der Waals surface area (Å²) < 4.78 is 37.4. The van der Waals surface area contributed by atoms with Gasteiger partial charge < -0.3 is 4.90 Å². The standard InChI is InChI=1S/C13H14F3N/c1-17-7-11-6-12(11,8-17)9-2-4-10(5-3-9)13(14,15)16/h2-5,11H,6-8H2,1H3. The highest BCUT2D eigenvalue weighted by molar-refractivity contribution is 5.39. The molecule has 2 fully saturated rings. The molecular formula is C13H14F3N. The lowest BCUT2D eigenvalue weighted by atomic mass is 9.94. The molecule has 2 aliphatic rings. The maximum atomic E-state index is 12.5. The van der Waals surface area contributed by atoms with Crippen molar-refractivity contribution in [2.75, 3.05) is 20.1 Å². The topological polar surface area (TPSA) is 3.24 Å². The first-order chi connectivity index (χ1) is 7.92. The molecule has 0 radical (unpaired) electrons. The van der Waals surface area contributed by atoms with Crippen molar-refractivity contribution in [3.05, 3.63) is 35.4 Å². The van der Waals surface area contributed by atoms with Crippen molar-refractivity contribution in [1.29, 1.82) is 0 Å². The molecule has 17 heavy (non-hydrogen) atoms. The maximum absolute atomic E-state index is 12.5. The molecular weight excluding hydrogens is 227 g/mol. The number of alkyl halides is 3. The lowest BCUT2D eigenvalue weighted by Gasteiger charge is -2.17. The van der Waals surface area contributed by atoms with E-state index in [1.54, 1.807) is 12.1 Å². The van der Waals surface area contributed by atoms with Crippen LogP contribution >= 0.6 is 0 Å². The molecule has 1 aromatic carbocycles. The monoisotopic (exact) mass is 241 g/mol. The predicted molar refractivity (Wildman–Crippen MR) is 58.7 cm³/mol. The summed E-state index contributed by atoms with van der Waals surface area (Å²) in [5.41, 5.74) is 0.667. The van der Waals surface area contributed by atoms with E-state index in [1.807, 2.05) is 0 Å². The summed E-state index contributed by atoms with van der Waals surface area (Å²) >= 11 is 0. The van der Waals surface area contributed by atoms with Crippen LogP contribution in [-0.2, 0) is 11.6 Å². The first-order valence-electron chi connectivity index (χ1n) is 5.78. The summed E-state index contributed by atoms with van der Waals surface area (Å²) in [7, 11) is 2.07. The average Bonchev–Trinajstić information content (AvgIpc) is 2.82. The summed E-state index contributed by atoms with van der Waals surface area (Å²) in [6.45, 7) is 2.05. The lowest BCUT2D eigenvalue weighted by molar-refractivity contribution is -0.137. The van der Waals surface area contributed by atoms with Gasteiger partial charge in [-0.05, 0) is 37.1 Å². The van der Waals surface area contributed by atoms with E-state index in [-0.39, 0.29) is 5.41 Å². The van der Waals surface area contributed by atoms with Gasteiger partial charge in [0.2, 0.25) is 0 Å². The van der Waals surface area contributed by atoms with Gasteiger partial charge in [0.25, 0.3) is 0 Å². The van der Waals surface area contributed by atoms with Gasteiger partial charge in [0.15, 0.2) is 0 Å². The summed E-state index contributed by atoms with van der Waals surface area (Å²) in [6, 6.07) is 5.72. The fraction of sp³-hybridized carbons (Fsp3) is 0.538. The van der Waals surface area contributed by atoms with E-state index in [0.29, 0.717) is 5.92 Å². The third-order valence-electron chi connectivity index (χ3n) is 4.10. The van der Waals surface area contributed by atoms with Crippen molar-refractivity contribution in [3.8, 4) is 0 Å². The van der Waals surface area contributed by atoms with Gasteiger partial charge in [-0.1, -0.05) is 12.1 Å². The molecule has 1 aliphatic heterocycles. The van der Waals surface area contributed by atoms with E-state index in [0.717, 1.165) is 25.1 Å². The number of hydrogen-bond acceptors (Lipinski definition) is 1. The summed E-state index contributed by atoms with van der Waals surface area (Å²) in [5.74, 6) is 0.643. The Morgan fingerprint density at radius 1 is 1.24 bits per heavy atom. The first kappa shape index (κ1) is 11.1. The van der Waals surface area contributed by atoms with Gasteiger partial charge in [-0.15, -0.1) is 0 Å². The molecule has 4 heteroatoms. The van der Waals surface area contributed by atoms with Crippen LogP contribution in [0.1, 0.15) is 17.5 Å². The number of hydrogen-bond donors (Lipinski definition) is 0. The number of halogens is 3. The largest absolute Gasteiger partial charge is 0.416 e. The van der Waals surface area contributed by atoms with Crippen molar-refractivity contribution in [2.24, 2.45) is 5.92 Å². The summed E-state index contributed by atoms with van der Waals surface area (Å²) in [5, 5.41) is 0. The Morgan fingerprint density at radius 2 is 1.88 bits per heavy atom. The van der Waals surface area contributed by atoms with Crippen LogP contribution < -0.4 is 0 Å². The molecule has 0 spiro atoms. The molecule has 1 heterocycles. The molecule has 92 valence electrons. The molecule has 1 aromatic rings. The lowest BCUT2D eigenvalue weighted by Crippen LogP contribution is -2.22. The average molecular weight is 241 g/mol. The Hall–Kier alpha value is -1.03. The number of rotatable bonds is 1. The second-order valence-corrected chi connectivity index (χ2v) is 5.33. The zero-order valence-electron chi connectivity index (χ0n) is 9.59. The molecule has 0 aromatic heterocycles. The Kier molecular flexibility index (Phi) is 2.12. The number of benzene rings is 1. The Bertz CT molecular complexity index is 437. The van der Waals surface area contributed by atoms with Crippen molar-refractivity contribution in [1.82, 2.24) is 4.90 Å². The Morgan fingerprint density at radius 3 is 2.35 bits per heavy atom. The third-order valence-corrected chi connectivity index (χ3v) is 4.10. The van der Waals surface area contributed by atoms with Crippen molar-refractivity contribution in [3.63, 3.8) is 0 Å². The van der Waals surface area contributed by atoms with E-state index in [9.17, 15) is 13.2 Å². The predicted octanol–water partition coefficient (Wildman–Crippen LogP) is 2.91. The minimum atomic E-state index is -4.23. The van der Waals surface area contributed by atoms with Crippen molar-refractivity contribution in [2.45, 2.75) is 18.0 Å². The SMILES string of the molecule is CN1CC2CC2(c2ccc(C(F)(F)F)cc2)C1. The zero-order chi connectivity index (χ0) is 12.3. The van der Waals surface area contributed by atoms with Crippen LogP contribution in [0.25, 0.3) is 0 Å². The Balaban J connectivity index is 1.87. The molecule has 2 unspecified atom stereocenters. The fourth-order valence-corrected chi connectivity index (χ4v) is 3.17. The number of likely N-dealkylation sites (tertiary alicyclic amines) is 1. The van der Waals surface area contributed by atoms with Gasteiger partial charge >= 0.3 is 6.18 Å². The van der Waals surface area contributed by atoms with Gasteiger partial charge in [-0.2, -0.15) is 13.2 Å². The highest BCUT2D eigenvalue weighted by Gasteiger charge is 2.59. The van der Waals surface area contributed by atoms with Crippen LogP contribution in [0, 0.1) is 5.92 Å². The first-order valence-corrected chi connectivity index (χ1v) is 5.78. The quantitative estimate of drug-likeness (QED) is 0.730. The van der Waals surface area contributed by atoms with Crippen molar-refractivity contribution >= 4 is 0 Å². The number of likely N-dealkylation sites (N-methyl/N-ethyl adjacent to an activating group) is 1. The highest BCUT2D eigenvalue weighted by Crippen LogP contribution is 2.58. The number of nitrogens with zero attached hydrogens (tertiary/aromatic N) is 1. The van der Waals surface area contributed by atoms with Gasteiger partial charge in [0.05, 0.1) is 5.56 Å². The summed E-state index contributed by atoms with van der Waals surface area (Å²) in [6.07, 6.45) is -3.10. The summed E-state index contributed by atoms with van der Waals surface area (Å²) in [4.78, 5) is 2.26. The van der Waals surface area contributed by atoms with Crippen molar-refractivity contribution < 1.29 is 13.2 Å². The molecule has 2 atom stereocenters. The van der Waals surface area contributed by atoms with E-state index in [2.05, 4.69) is 11.9 Å². The van der Waals surface area contributed by atoms with E-state index >= 15 is 0 Å². The number of piperidine rings is 1. The third kappa shape index (κ3) is 1.66. The van der Waals surface area contributed by atoms with Crippen LogP contribution in [0.2, 0.25) is 0 Å². The van der Waals surface area contributed by atoms with Crippen LogP contribution in [-0.4, -0.2) is 25.0 Å². The van der Waals surface area contributed by atoms with Gasteiger partial charge in [-0.3, -0.25) is 0 Å². The molecule has 3 rings (SSSR count). The molecule has 1 saturated heterocycles. The van der Waals surface area contributed by atoms with E-state index < -0.39 is 11.7 Å². The minimum absolute atomic E-state index is 0.152. The molecule has 0 N–H and O–H groups in total. The van der Waals surface area contributed by atoms with E-state index in [1.165, 1.54) is 12.1 Å². The van der Waals surface area contributed by atoms with Crippen LogP contribution in [0.15, 0.2) is 24.3 Å². The van der Waals surface area contributed by atoms with E-state index in [4.69, 9.17) is 0 Å². The highest BCUT2D eigenvalue weighted by atomic mass is 19.4. The molecule has 1 aliphatic carbocycles. The molecule has 0 bridgehead atoms. The second-order valence-electron chi connectivity index (χ2n) is 5.33. The zero-order valence-corrected chi connectivity index (χ0v) is 9.59. The van der Waals surface area contributed by atoms with Crippen LogP contribution in [0.3, 0.4) is 0 Å². The maximum Gasteiger partial charge on any atom is 0.416 e. The van der Waals surface area contributed by atoms with Gasteiger partial charge in [0, 0.05) is 18.5 Å². The van der Waals surface area contributed by atoms with Crippen LogP contribution in [0.4, 0.5) is 13.2 Å². The normalized spacial score (nSPS) is 32.6. The molecule has 0 amide bonds. The smallest absolute Gasteiger partial charge is 0.305 e.